The normalized spacial score (nSPS) is 14.6. The van der Waals surface area contributed by atoms with Gasteiger partial charge in [-0.2, -0.15) is 16.8 Å². The van der Waals surface area contributed by atoms with Crippen LogP contribution in [0, 0.1) is 0 Å². The Bertz CT molecular complexity index is 631. The molecule has 0 aliphatic heterocycles. The highest BCUT2D eigenvalue weighted by Gasteiger charge is 2.20. The molecule has 0 bridgehead atoms. The van der Waals surface area contributed by atoms with Gasteiger partial charge in [-0.05, 0) is 39.5 Å². The lowest BCUT2D eigenvalue weighted by atomic mass is 10.1. The van der Waals surface area contributed by atoms with E-state index in [-0.39, 0.29) is 24.4 Å². The van der Waals surface area contributed by atoms with Gasteiger partial charge in [-0.25, -0.2) is 0 Å². The Morgan fingerprint density at radius 3 is 1.29 bits per heavy atom. The smallest absolute Gasteiger partial charge is 0.294 e. The van der Waals surface area contributed by atoms with Crippen LogP contribution in [0.3, 0.4) is 0 Å². The highest BCUT2D eigenvalue weighted by molar-refractivity contribution is 7.88. The maximum atomic E-state index is 11.7. The fourth-order valence-electron chi connectivity index (χ4n) is 2.12. The zero-order valence-corrected chi connectivity index (χ0v) is 19.2. The van der Waals surface area contributed by atoms with Crippen LogP contribution < -0.4 is 0 Å². The Labute approximate surface area is 177 Å². The Balaban J connectivity index is 4.01. The van der Waals surface area contributed by atoms with Crippen LogP contribution >= 0.6 is 23.2 Å². The molecule has 0 heterocycles. The lowest BCUT2D eigenvalue weighted by molar-refractivity contribution is -0.117. The summed E-state index contributed by atoms with van der Waals surface area (Å²) in [5, 5.41) is -1.17. The van der Waals surface area contributed by atoms with Gasteiger partial charge in [-0.1, -0.05) is 34.4 Å². The molecule has 0 fully saturated rings. The van der Waals surface area contributed by atoms with E-state index in [0.717, 1.165) is 0 Å². The first-order chi connectivity index (χ1) is 12.9. The monoisotopic (exact) mass is 482 g/mol. The van der Waals surface area contributed by atoms with Gasteiger partial charge in [0.25, 0.3) is 20.2 Å². The van der Waals surface area contributed by atoms with E-state index >= 15 is 0 Å². The van der Waals surface area contributed by atoms with Gasteiger partial charge in [0.2, 0.25) is 0 Å². The second-order valence-corrected chi connectivity index (χ2v) is 10.9. The first kappa shape index (κ1) is 27.7. The van der Waals surface area contributed by atoms with E-state index in [4.69, 9.17) is 23.2 Å². The molecule has 0 amide bonds. The topological polar surface area (TPSA) is 121 Å². The van der Waals surface area contributed by atoms with Crippen LogP contribution in [0.25, 0.3) is 0 Å². The third-order valence-electron chi connectivity index (χ3n) is 3.82. The van der Waals surface area contributed by atoms with Gasteiger partial charge in [-0.3, -0.25) is 9.59 Å². The second-order valence-electron chi connectivity index (χ2n) is 6.51. The van der Waals surface area contributed by atoms with Crippen molar-refractivity contribution in [2.24, 2.45) is 0 Å². The largest absolute Gasteiger partial charge is 0.298 e. The molecule has 2 unspecified atom stereocenters. The number of carbonyl (C=O) groups excluding carboxylic acids is 2. The summed E-state index contributed by atoms with van der Waals surface area (Å²) in [6.07, 6.45) is 3.46. The molecular weight excluding hydrogens is 455 g/mol. The quantitative estimate of drug-likeness (QED) is 0.134. The van der Waals surface area contributed by atoms with E-state index in [1.807, 2.05) is 0 Å². The van der Waals surface area contributed by atoms with Crippen LogP contribution in [-0.4, -0.2) is 50.7 Å². The summed E-state index contributed by atoms with van der Waals surface area (Å²) in [6.45, 7) is 2.77. The molecule has 0 saturated heterocycles. The fraction of sp³-hybridized carbons (Fsp3) is 0.875. The van der Waals surface area contributed by atoms with Gasteiger partial charge in [0.05, 0.1) is 22.3 Å². The number of hydrogen-bond donors (Lipinski definition) is 0. The maximum Gasteiger partial charge on any atom is 0.294 e. The number of unbranched alkanes of at least 4 members (excludes halogenated alkanes) is 4. The van der Waals surface area contributed by atoms with E-state index < -0.39 is 42.5 Å². The van der Waals surface area contributed by atoms with Crippen molar-refractivity contribution >= 4 is 55.0 Å². The Morgan fingerprint density at radius 2 is 1.00 bits per heavy atom. The van der Waals surface area contributed by atoms with Crippen molar-refractivity contribution in [3.05, 3.63) is 0 Å². The zero-order valence-electron chi connectivity index (χ0n) is 16.1. The Kier molecular flexibility index (Phi) is 13.7. The van der Waals surface area contributed by atoms with Crippen molar-refractivity contribution in [2.45, 2.75) is 76.0 Å². The van der Waals surface area contributed by atoms with Crippen molar-refractivity contribution in [3.8, 4) is 0 Å². The summed E-state index contributed by atoms with van der Waals surface area (Å²) in [5.41, 5.74) is 0. The standard InChI is InChI=1S/C16H28Cl2O8S2/c1-13(19)15(17)9-5-3-7-11-27(21,22)25-26-28(23,24)12-8-4-6-10-16(18)14(2)20/h15-16H,3-12H2,1-2H3. The van der Waals surface area contributed by atoms with Crippen molar-refractivity contribution in [2.75, 3.05) is 11.5 Å². The van der Waals surface area contributed by atoms with Crippen LogP contribution in [0.1, 0.15) is 65.2 Å². The summed E-state index contributed by atoms with van der Waals surface area (Å²) in [4.78, 5) is 21.9. The molecule has 0 aromatic heterocycles. The molecule has 0 saturated carbocycles. The highest BCUT2D eigenvalue weighted by atomic mass is 35.5. The minimum Gasteiger partial charge on any atom is -0.298 e. The third-order valence-corrected chi connectivity index (χ3v) is 7.09. The molecule has 8 nitrogen and oxygen atoms in total. The van der Waals surface area contributed by atoms with E-state index in [9.17, 15) is 26.4 Å². The first-order valence-corrected chi connectivity index (χ1v) is 13.0. The average Bonchev–Trinajstić information content (AvgIpc) is 2.59. The number of alkyl halides is 2. The molecule has 28 heavy (non-hydrogen) atoms. The van der Waals surface area contributed by atoms with E-state index in [0.29, 0.717) is 38.5 Å². The summed E-state index contributed by atoms with van der Waals surface area (Å²) < 4.78 is 54.9. The molecule has 0 aromatic carbocycles. The van der Waals surface area contributed by atoms with E-state index in [2.05, 4.69) is 8.67 Å². The minimum absolute atomic E-state index is 0.141. The first-order valence-electron chi connectivity index (χ1n) is 8.98. The SMILES string of the molecule is CC(=O)C(Cl)CCCCCS(=O)(=O)OOS(=O)(=O)CCCCCC(Cl)C(C)=O. The molecule has 0 rings (SSSR count). The van der Waals surface area contributed by atoms with Crippen LogP contribution in [0.15, 0.2) is 0 Å². The van der Waals surface area contributed by atoms with Gasteiger partial charge >= 0.3 is 0 Å². The summed E-state index contributed by atoms with van der Waals surface area (Å²) in [7, 11) is -8.29. The molecule has 0 N–H and O–H groups in total. The van der Waals surface area contributed by atoms with E-state index in [1.165, 1.54) is 13.8 Å². The predicted octanol–water partition coefficient (Wildman–Crippen LogP) is 3.11. The fourth-order valence-corrected chi connectivity index (χ4v) is 4.35. The molecule has 0 radical (unpaired) electrons. The molecule has 166 valence electrons. The zero-order chi connectivity index (χ0) is 21.8. The minimum atomic E-state index is -4.14. The van der Waals surface area contributed by atoms with Crippen LogP contribution in [-0.2, 0) is 38.5 Å². The van der Waals surface area contributed by atoms with Crippen molar-refractivity contribution < 1.29 is 35.1 Å². The lowest BCUT2D eigenvalue weighted by Crippen LogP contribution is -2.17. The van der Waals surface area contributed by atoms with Crippen LogP contribution in [0.2, 0.25) is 0 Å². The number of ketones is 2. The van der Waals surface area contributed by atoms with Crippen molar-refractivity contribution in [1.82, 2.24) is 0 Å². The van der Waals surface area contributed by atoms with Crippen LogP contribution in [0.5, 0.6) is 0 Å². The molecule has 2 atom stereocenters. The van der Waals surface area contributed by atoms with Gasteiger partial charge in [-0.15, -0.1) is 23.2 Å². The second kappa shape index (κ2) is 13.9. The summed E-state index contributed by atoms with van der Waals surface area (Å²) in [5.74, 6) is -1.09. The van der Waals surface area contributed by atoms with Gasteiger partial charge in [0, 0.05) is 0 Å². The highest BCUT2D eigenvalue weighted by Crippen LogP contribution is 2.13. The van der Waals surface area contributed by atoms with E-state index in [1.54, 1.807) is 0 Å². The molecule has 0 aliphatic carbocycles. The molecule has 0 spiro atoms. The number of rotatable bonds is 17. The average molecular weight is 483 g/mol. The number of hydrogen-bond acceptors (Lipinski definition) is 8. The Hall–Kier alpha value is -0.260. The summed E-state index contributed by atoms with van der Waals surface area (Å²) in [6, 6.07) is 0. The van der Waals surface area contributed by atoms with Gasteiger partial charge in [0.1, 0.15) is 11.6 Å². The van der Waals surface area contributed by atoms with Crippen LogP contribution in [0.4, 0.5) is 0 Å². The van der Waals surface area contributed by atoms with Gasteiger partial charge < -0.3 is 0 Å². The third kappa shape index (κ3) is 14.7. The number of Topliss-reactive ketones (excluding diaryl/α,β-unsaturated/α-hetero) is 2. The van der Waals surface area contributed by atoms with Crippen molar-refractivity contribution in [1.29, 1.82) is 0 Å². The number of halogens is 2. The molecular formula is C16H28Cl2O8S2. The summed E-state index contributed by atoms with van der Waals surface area (Å²) >= 11 is 11.5. The molecule has 0 aliphatic rings. The number of carbonyl (C=O) groups is 2. The van der Waals surface area contributed by atoms with Crippen molar-refractivity contribution in [3.63, 3.8) is 0 Å². The molecule has 0 aromatic rings. The van der Waals surface area contributed by atoms with Gasteiger partial charge in [0.15, 0.2) is 0 Å². The predicted molar refractivity (Wildman–Crippen MR) is 107 cm³/mol. The Morgan fingerprint density at radius 1 is 0.679 bits per heavy atom. The maximum absolute atomic E-state index is 11.7. The molecule has 12 heteroatoms. The lowest BCUT2D eigenvalue weighted by Gasteiger charge is -2.07.